The highest BCUT2D eigenvalue weighted by molar-refractivity contribution is 6.03. The van der Waals surface area contributed by atoms with Gasteiger partial charge in [0.2, 0.25) is 0 Å². The summed E-state index contributed by atoms with van der Waals surface area (Å²) in [5.74, 6) is -1.19. The second-order valence-corrected chi connectivity index (χ2v) is 5.35. The lowest BCUT2D eigenvalue weighted by atomic mass is 10.2. The molecule has 0 bridgehead atoms. The Kier molecular flexibility index (Phi) is 4.44. The van der Waals surface area contributed by atoms with Gasteiger partial charge in [-0.3, -0.25) is 9.89 Å². The zero-order valence-corrected chi connectivity index (χ0v) is 13.3. The van der Waals surface area contributed by atoms with Crippen molar-refractivity contribution in [2.75, 3.05) is 5.32 Å². The van der Waals surface area contributed by atoms with Crippen molar-refractivity contribution in [1.29, 1.82) is 5.26 Å². The van der Waals surface area contributed by atoms with Gasteiger partial charge in [-0.25, -0.2) is 4.79 Å². The lowest BCUT2D eigenvalue weighted by Crippen LogP contribution is -2.30. The molecule has 0 aliphatic carbocycles. The number of aromatic nitrogens is 2. The molecule has 7 heteroatoms. The number of carbonyl (C=O) groups is 2. The first kappa shape index (κ1) is 16.2. The van der Waals surface area contributed by atoms with Crippen molar-refractivity contribution < 1.29 is 14.3 Å². The van der Waals surface area contributed by atoms with Crippen LogP contribution >= 0.6 is 0 Å². The number of ether oxygens (including phenoxy) is 1. The van der Waals surface area contributed by atoms with Crippen LogP contribution in [0.25, 0.3) is 10.9 Å². The molecule has 1 amide bonds. The first-order chi connectivity index (χ1) is 12.1. The van der Waals surface area contributed by atoms with Crippen molar-refractivity contribution in [2.45, 2.75) is 13.0 Å². The third kappa shape index (κ3) is 3.48. The van der Waals surface area contributed by atoms with Gasteiger partial charge in [-0.05, 0) is 31.2 Å². The topological polar surface area (TPSA) is 108 Å². The molecule has 0 aliphatic heterocycles. The number of benzene rings is 2. The molecule has 0 aliphatic rings. The minimum atomic E-state index is -1.02. The molecule has 3 aromatic rings. The second-order valence-electron chi connectivity index (χ2n) is 5.35. The van der Waals surface area contributed by atoms with Gasteiger partial charge < -0.3 is 10.1 Å². The van der Waals surface area contributed by atoms with Gasteiger partial charge in [0.05, 0.1) is 17.1 Å². The number of para-hydroxylation sites is 1. The first-order valence-corrected chi connectivity index (χ1v) is 7.53. The van der Waals surface area contributed by atoms with Gasteiger partial charge in [0.1, 0.15) is 0 Å². The number of nitriles is 1. The molecule has 25 heavy (non-hydrogen) atoms. The molecule has 1 heterocycles. The number of carbonyl (C=O) groups excluding carboxylic acids is 2. The second kappa shape index (κ2) is 6.84. The lowest BCUT2D eigenvalue weighted by Gasteiger charge is -2.13. The van der Waals surface area contributed by atoms with Crippen molar-refractivity contribution >= 4 is 28.5 Å². The number of amides is 1. The Morgan fingerprint density at radius 2 is 2.04 bits per heavy atom. The van der Waals surface area contributed by atoms with E-state index in [0.717, 1.165) is 0 Å². The highest BCUT2D eigenvalue weighted by Gasteiger charge is 2.22. The highest BCUT2D eigenvalue weighted by atomic mass is 16.5. The van der Waals surface area contributed by atoms with E-state index in [9.17, 15) is 9.59 Å². The molecule has 124 valence electrons. The Morgan fingerprint density at radius 1 is 1.24 bits per heavy atom. The molecular weight excluding hydrogens is 320 g/mol. The third-order valence-corrected chi connectivity index (χ3v) is 3.58. The maximum atomic E-state index is 12.3. The van der Waals surface area contributed by atoms with Crippen LogP contribution in [-0.4, -0.2) is 28.2 Å². The molecule has 0 saturated heterocycles. The van der Waals surface area contributed by atoms with E-state index in [-0.39, 0.29) is 5.69 Å². The van der Waals surface area contributed by atoms with Gasteiger partial charge >= 0.3 is 5.97 Å². The molecule has 0 radical (unpaired) electrons. The largest absolute Gasteiger partial charge is 0.448 e. The number of esters is 1. The van der Waals surface area contributed by atoms with Gasteiger partial charge in [0.15, 0.2) is 11.8 Å². The van der Waals surface area contributed by atoms with Crippen molar-refractivity contribution in [2.24, 2.45) is 0 Å². The molecule has 0 spiro atoms. The Balaban J connectivity index is 1.68. The van der Waals surface area contributed by atoms with Crippen LogP contribution < -0.4 is 5.32 Å². The maximum Gasteiger partial charge on any atom is 0.360 e. The van der Waals surface area contributed by atoms with Crippen LogP contribution in [0.4, 0.5) is 5.69 Å². The highest BCUT2D eigenvalue weighted by Crippen LogP contribution is 2.17. The molecule has 3 rings (SSSR count). The number of rotatable bonds is 4. The van der Waals surface area contributed by atoms with Crippen molar-refractivity contribution in [3.8, 4) is 6.07 Å². The molecule has 0 unspecified atom stereocenters. The lowest BCUT2D eigenvalue weighted by molar-refractivity contribution is -0.123. The predicted octanol–water partition coefficient (Wildman–Crippen LogP) is 2.62. The Hall–Kier alpha value is -3.66. The summed E-state index contributed by atoms with van der Waals surface area (Å²) in [7, 11) is 0. The normalized spacial score (nSPS) is 11.5. The SMILES string of the molecule is C[C@@H](OC(=O)c1n[nH]c2ccccc12)C(=O)Nc1cccc(C#N)c1. The van der Waals surface area contributed by atoms with Crippen molar-refractivity contribution in [3.05, 3.63) is 59.8 Å². The van der Waals surface area contributed by atoms with Crippen LogP contribution in [0.3, 0.4) is 0 Å². The zero-order chi connectivity index (χ0) is 17.8. The van der Waals surface area contributed by atoms with Gasteiger partial charge in [0.25, 0.3) is 5.91 Å². The molecule has 0 fully saturated rings. The smallest absolute Gasteiger partial charge is 0.360 e. The van der Waals surface area contributed by atoms with E-state index in [1.165, 1.54) is 13.0 Å². The minimum absolute atomic E-state index is 0.127. The summed E-state index contributed by atoms with van der Waals surface area (Å²) in [6, 6.07) is 15.6. The van der Waals surface area contributed by atoms with E-state index < -0.39 is 18.0 Å². The van der Waals surface area contributed by atoms with Crippen LogP contribution in [0.5, 0.6) is 0 Å². The van der Waals surface area contributed by atoms with Crippen LogP contribution in [0, 0.1) is 11.3 Å². The van der Waals surface area contributed by atoms with Crippen LogP contribution in [0.1, 0.15) is 23.0 Å². The molecule has 7 nitrogen and oxygen atoms in total. The van der Waals surface area contributed by atoms with E-state index in [1.807, 2.05) is 12.1 Å². The van der Waals surface area contributed by atoms with E-state index in [2.05, 4.69) is 15.5 Å². The Labute approximate surface area is 143 Å². The summed E-state index contributed by atoms with van der Waals surface area (Å²) in [5.41, 5.74) is 1.71. The fourth-order valence-corrected chi connectivity index (χ4v) is 2.30. The number of hydrogen-bond acceptors (Lipinski definition) is 5. The van der Waals surface area contributed by atoms with Crippen LogP contribution in [0.15, 0.2) is 48.5 Å². The summed E-state index contributed by atoms with van der Waals surface area (Å²) < 4.78 is 5.19. The summed E-state index contributed by atoms with van der Waals surface area (Å²) >= 11 is 0. The first-order valence-electron chi connectivity index (χ1n) is 7.53. The fourth-order valence-electron chi connectivity index (χ4n) is 2.30. The Morgan fingerprint density at radius 3 is 2.84 bits per heavy atom. The number of nitrogens with one attached hydrogen (secondary N) is 2. The number of aromatic amines is 1. The van der Waals surface area contributed by atoms with E-state index in [1.54, 1.807) is 36.4 Å². The number of fused-ring (bicyclic) bond motifs is 1. The van der Waals surface area contributed by atoms with Crippen LogP contribution in [0.2, 0.25) is 0 Å². The third-order valence-electron chi connectivity index (χ3n) is 3.58. The quantitative estimate of drug-likeness (QED) is 0.713. The van der Waals surface area contributed by atoms with Gasteiger partial charge in [-0.15, -0.1) is 0 Å². The summed E-state index contributed by atoms with van der Waals surface area (Å²) in [6.07, 6.45) is -1.02. The number of anilines is 1. The van der Waals surface area contributed by atoms with Crippen molar-refractivity contribution in [1.82, 2.24) is 10.2 Å². The zero-order valence-electron chi connectivity index (χ0n) is 13.3. The number of H-pyrrole nitrogens is 1. The molecule has 1 aromatic heterocycles. The Bertz CT molecular complexity index is 987. The number of hydrogen-bond donors (Lipinski definition) is 2. The van der Waals surface area contributed by atoms with E-state index >= 15 is 0 Å². The standard InChI is InChI=1S/C18H14N4O3/c1-11(17(23)20-13-6-4-5-12(9-13)10-19)25-18(24)16-14-7-2-3-8-15(14)21-22-16/h2-9,11H,1H3,(H,20,23)(H,21,22)/t11-/m1/s1. The fraction of sp³-hybridized carbons (Fsp3) is 0.111. The summed E-state index contributed by atoms with van der Waals surface area (Å²) in [6.45, 7) is 1.47. The van der Waals surface area contributed by atoms with Gasteiger partial charge in [0, 0.05) is 11.1 Å². The average Bonchev–Trinajstić information content (AvgIpc) is 3.06. The summed E-state index contributed by atoms with van der Waals surface area (Å²) in [5, 5.41) is 18.8. The predicted molar refractivity (Wildman–Crippen MR) is 90.8 cm³/mol. The molecular formula is C18H14N4O3. The van der Waals surface area contributed by atoms with Gasteiger partial charge in [-0.2, -0.15) is 10.4 Å². The number of nitrogens with zero attached hydrogens (tertiary/aromatic N) is 2. The van der Waals surface area contributed by atoms with Crippen molar-refractivity contribution in [3.63, 3.8) is 0 Å². The maximum absolute atomic E-state index is 12.3. The van der Waals surface area contributed by atoms with E-state index in [0.29, 0.717) is 22.2 Å². The van der Waals surface area contributed by atoms with Crippen LogP contribution in [-0.2, 0) is 9.53 Å². The molecule has 2 aromatic carbocycles. The van der Waals surface area contributed by atoms with E-state index in [4.69, 9.17) is 10.00 Å². The van der Waals surface area contributed by atoms with Gasteiger partial charge in [-0.1, -0.05) is 24.3 Å². The molecule has 1 atom stereocenters. The monoisotopic (exact) mass is 334 g/mol. The average molecular weight is 334 g/mol. The minimum Gasteiger partial charge on any atom is -0.448 e. The molecule has 2 N–H and O–H groups in total. The summed E-state index contributed by atoms with van der Waals surface area (Å²) in [4.78, 5) is 24.4. The molecule has 0 saturated carbocycles.